The van der Waals surface area contributed by atoms with Crippen LogP contribution in [0.3, 0.4) is 0 Å². The van der Waals surface area contributed by atoms with E-state index in [0.717, 1.165) is 0 Å². The fraction of sp³-hybridized carbons (Fsp3) is 0.538. The minimum atomic E-state index is -4.35. The van der Waals surface area contributed by atoms with Crippen molar-refractivity contribution in [2.75, 3.05) is 5.73 Å². The molecule has 1 saturated carbocycles. The number of nitrogens with zero attached hydrogens (tertiary/aromatic N) is 1. The molecule has 0 unspecified atom stereocenters. The summed E-state index contributed by atoms with van der Waals surface area (Å²) in [5, 5.41) is 10.9. The highest BCUT2D eigenvalue weighted by atomic mass is 19.4. The average Bonchev–Trinajstić information content (AvgIpc) is 2.37. The van der Waals surface area contributed by atoms with Crippen molar-refractivity contribution in [3.8, 4) is 0 Å². The van der Waals surface area contributed by atoms with Gasteiger partial charge in [-0.15, -0.1) is 0 Å². The van der Waals surface area contributed by atoms with Crippen LogP contribution in [0.1, 0.15) is 30.7 Å². The zero-order valence-electron chi connectivity index (χ0n) is 11.1. The number of nitrogens with one attached hydrogen (secondary N) is 1. The maximum absolute atomic E-state index is 13.0. The molecule has 8 heteroatoms. The average molecular weight is 303 g/mol. The number of hydrogen-bond acceptors (Lipinski definition) is 3. The number of carbonyl (C=O) groups is 1. The van der Waals surface area contributed by atoms with E-state index < -0.39 is 30.1 Å². The Morgan fingerprint density at radius 2 is 2.10 bits per heavy atom. The summed E-state index contributed by atoms with van der Waals surface area (Å²) in [6, 6.07) is 0.858. The van der Waals surface area contributed by atoms with E-state index >= 15 is 0 Å². The molecule has 0 spiro atoms. The molecule has 0 aromatic carbocycles. The second-order valence-electron chi connectivity index (χ2n) is 5.29. The topological polar surface area (TPSA) is 88.2 Å². The van der Waals surface area contributed by atoms with E-state index in [2.05, 4.69) is 10.3 Å². The number of aromatic nitrogens is 1. The standard InChI is InChI=1S/C13H16F3N3O2/c14-13(15,16)8-3-7(4-9(5-8)19-12(20)21)10-1-2-18-6-11(10)17/h1-2,6-9,19H,3-5,17H2,(H,20,21)/t7-,8+,9+/m0/s1. The lowest BCUT2D eigenvalue weighted by atomic mass is 9.75. The Kier molecular flexibility index (Phi) is 4.24. The largest absolute Gasteiger partial charge is 0.465 e. The molecule has 3 atom stereocenters. The quantitative estimate of drug-likeness (QED) is 0.784. The molecule has 1 aromatic heterocycles. The van der Waals surface area contributed by atoms with Gasteiger partial charge in [0.1, 0.15) is 0 Å². The van der Waals surface area contributed by atoms with Gasteiger partial charge in [-0.3, -0.25) is 4.98 Å². The van der Waals surface area contributed by atoms with E-state index in [1.165, 1.54) is 12.4 Å². The first-order valence-corrected chi connectivity index (χ1v) is 6.53. The third kappa shape index (κ3) is 3.77. The van der Waals surface area contributed by atoms with E-state index in [1.54, 1.807) is 6.07 Å². The number of nitrogen functional groups attached to an aromatic ring is 1. The summed E-state index contributed by atoms with van der Waals surface area (Å²) in [6.07, 6.45) is -2.82. The summed E-state index contributed by atoms with van der Waals surface area (Å²) in [7, 11) is 0. The minimum Gasteiger partial charge on any atom is -0.465 e. The van der Waals surface area contributed by atoms with Crippen molar-refractivity contribution in [2.45, 2.75) is 37.4 Å². The molecule has 5 nitrogen and oxygen atoms in total. The molecule has 0 aliphatic heterocycles. The zero-order valence-corrected chi connectivity index (χ0v) is 11.1. The molecule has 1 aromatic rings. The Morgan fingerprint density at radius 3 is 2.67 bits per heavy atom. The first kappa shape index (κ1) is 15.4. The molecule has 1 heterocycles. The second-order valence-corrected chi connectivity index (χ2v) is 5.29. The lowest BCUT2D eigenvalue weighted by Gasteiger charge is -2.36. The number of pyridine rings is 1. The smallest absolute Gasteiger partial charge is 0.404 e. The fourth-order valence-electron chi connectivity index (χ4n) is 2.92. The summed E-state index contributed by atoms with van der Waals surface area (Å²) < 4.78 is 39.1. The lowest BCUT2D eigenvalue weighted by molar-refractivity contribution is -0.185. The van der Waals surface area contributed by atoms with Crippen LogP contribution in [0.25, 0.3) is 0 Å². The van der Waals surface area contributed by atoms with E-state index in [1.807, 2.05) is 0 Å². The third-order valence-electron chi connectivity index (χ3n) is 3.82. The van der Waals surface area contributed by atoms with Gasteiger partial charge < -0.3 is 16.2 Å². The van der Waals surface area contributed by atoms with Gasteiger partial charge in [-0.2, -0.15) is 13.2 Å². The molecule has 0 bridgehead atoms. The zero-order chi connectivity index (χ0) is 15.6. The molecule has 116 valence electrons. The highest BCUT2D eigenvalue weighted by Crippen LogP contribution is 2.44. The molecule has 1 aliphatic rings. The van der Waals surface area contributed by atoms with Crippen LogP contribution in [-0.4, -0.2) is 28.4 Å². The van der Waals surface area contributed by atoms with Gasteiger partial charge in [-0.25, -0.2) is 4.79 Å². The molecule has 0 saturated heterocycles. The van der Waals surface area contributed by atoms with Crippen LogP contribution < -0.4 is 11.1 Å². The number of alkyl halides is 3. The second kappa shape index (κ2) is 5.79. The molecule has 1 aliphatic carbocycles. The predicted octanol–water partition coefficient (Wildman–Crippen LogP) is 2.75. The van der Waals surface area contributed by atoms with Crippen molar-refractivity contribution >= 4 is 11.8 Å². The molecule has 1 fully saturated rings. The van der Waals surface area contributed by atoms with Gasteiger partial charge in [0.05, 0.1) is 17.8 Å². The monoisotopic (exact) mass is 303 g/mol. The summed E-state index contributed by atoms with van der Waals surface area (Å²) >= 11 is 0. The maximum Gasteiger partial charge on any atom is 0.404 e. The molecule has 1 amide bonds. The number of nitrogens with two attached hydrogens (primary N) is 1. The van der Waals surface area contributed by atoms with Crippen molar-refractivity contribution in [1.29, 1.82) is 0 Å². The Hall–Kier alpha value is -1.99. The number of anilines is 1. The first-order valence-electron chi connectivity index (χ1n) is 6.53. The minimum absolute atomic E-state index is 0.0878. The molecule has 21 heavy (non-hydrogen) atoms. The van der Waals surface area contributed by atoms with Crippen LogP contribution in [0.5, 0.6) is 0 Å². The Balaban J connectivity index is 2.24. The number of amides is 1. The van der Waals surface area contributed by atoms with Gasteiger partial charge in [0.2, 0.25) is 0 Å². The van der Waals surface area contributed by atoms with Gasteiger partial charge in [0, 0.05) is 12.2 Å². The van der Waals surface area contributed by atoms with E-state index in [-0.39, 0.29) is 12.8 Å². The molecule has 4 N–H and O–H groups in total. The van der Waals surface area contributed by atoms with E-state index in [9.17, 15) is 18.0 Å². The lowest BCUT2D eigenvalue weighted by Crippen LogP contribution is -2.43. The highest BCUT2D eigenvalue weighted by molar-refractivity contribution is 5.64. The highest BCUT2D eigenvalue weighted by Gasteiger charge is 2.45. The summed E-state index contributed by atoms with van der Waals surface area (Å²) in [5.41, 5.74) is 6.70. The first-order chi connectivity index (χ1) is 9.77. The van der Waals surface area contributed by atoms with Crippen LogP contribution in [0.2, 0.25) is 0 Å². The van der Waals surface area contributed by atoms with Crippen LogP contribution in [0.15, 0.2) is 18.5 Å². The van der Waals surface area contributed by atoms with Crippen molar-refractivity contribution in [3.05, 3.63) is 24.0 Å². The van der Waals surface area contributed by atoms with Crippen LogP contribution in [0, 0.1) is 5.92 Å². The van der Waals surface area contributed by atoms with Crippen molar-refractivity contribution in [2.24, 2.45) is 5.92 Å². The Bertz CT molecular complexity index is 522. The Morgan fingerprint density at radius 1 is 1.38 bits per heavy atom. The number of rotatable bonds is 2. The maximum atomic E-state index is 13.0. The normalized spacial score (nSPS) is 26.3. The molecular weight excluding hydrogens is 287 g/mol. The summed E-state index contributed by atoms with van der Waals surface area (Å²) in [4.78, 5) is 14.5. The van der Waals surface area contributed by atoms with Crippen LogP contribution in [-0.2, 0) is 0 Å². The molecule has 0 radical (unpaired) electrons. The summed E-state index contributed by atoms with van der Waals surface area (Å²) in [6.45, 7) is 0. The third-order valence-corrected chi connectivity index (χ3v) is 3.82. The van der Waals surface area contributed by atoms with Gasteiger partial charge in [-0.05, 0) is 36.8 Å². The fourth-order valence-corrected chi connectivity index (χ4v) is 2.92. The van der Waals surface area contributed by atoms with E-state index in [4.69, 9.17) is 10.8 Å². The van der Waals surface area contributed by atoms with Gasteiger partial charge in [0.15, 0.2) is 0 Å². The number of hydrogen-bond donors (Lipinski definition) is 3. The van der Waals surface area contributed by atoms with Crippen LogP contribution in [0.4, 0.5) is 23.7 Å². The predicted molar refractivity (Wildman–Crippen MR) is 69.7 cm³/mol. The SMILES string of the molecule is Nc1cnccc1[C@@H]1C[C@@H](NC(=O)O)C[C@H](C(F)(F)F)C1. The van der Waals surface area contributed by atoms with Crippen molar-refractivity contribution < 1.29 is 23.1 Å². The summed E-state index contributed by atoms with van der Waals surface area (Å²) in [5.74, 6) is -1.98. The van der Waals surface area contributed by atoms with Crippen LogP contribution >= 0.6 is 0 Å². The number of halogens is 3. The molecular formula is C13H16F3N3O2. The van der Waals surface area contributed by atoms with Gasteiger partial charge >= 0.3 is 12.3 Å². The van der Waals surface area contributed by atoms with E-state index in [0.29, 0.717) is 17.7 Å². The number of carboxylic acid groups (broad SMARTS) is 1. The van der Waals surface area contributed by atoms with Crippen molar-refractivity contribution in [1.82, 2.24) is 10.3 Å². The Labute approximate surface area is 119 Å². The van der Waals surface area contributed by atoms with Gasteiger partial charge in [-0.1, -0.05) is 0 Å². The molecule has 2 rings (SSSR count). The van der Waals surface area contributed by atoms with Crippen molar-refractivity contribution in [3.63, 3.8) is 0 Å². The van der Waals surface area contributed by atoms with Gasteiger partial charge in [0.25, 0.3) is 0 Å².